The fourth-order valence-electron chi connectivity index (χ4n) is 6.18. The van der Waals surface area contributed by atoms with Crippen molar-refractivity contribution in [2.45, 2.75) is 56.1 Å². The first kappa shape index (κ1) is 54.4. The van der Waals surface area contributed by atoms with Crippen LogP contribution in [0.3, 0.4) is 0 Å². The third kappa shape index (κ3) is 13.7. The van der Waals surface area contributed by atoms with Crippen LogP contribution >= 0.6 is 23.1 Å². The molecule has 0 amide bonds. The molecule has 0 bridgehead atoms. The van der Waals surface area contributed by atoms with E-state index in [1.807, 2.05) is 11.6 Å². The summed E-state index contributed by atoms with van der Waals surface area (Å²) < 4.78 is 194. The lowest BCUT2D eigenvalue weighted by molar-refractivity contribution is -0.137. The molecule has 0 saturated carbocycles. The van der Waals surface area contributed by atoms with Crippen molar-refractivity contribution in [1.82, 2.24) is 18.7 Å². The van der Waals surface area contributed by atoms with Gasteiger partial charge < -0.3 is 28.4 Å². The standard InChI is InChI=1S/C27H24F5N3O6S2.C18H17F2N3O4S2/c1-4-7-40-19-8-17(27(30,31)32)9-20(10-19)41-24-12-22(29)25(13-21(24)28)43(36,37)35(26-33-15-34-42-26)14-16-5-6-18(38-2)11-23(16)39-3;1-3-4-26-12-5-11(2)6-13(7-12)27-16-8-15(20)17(9-14(16)19)29(24,25)23-18-21-10-22-28-18/h5-6,8-13,15H,4,7,14H2,1-3H3;5-10H,3-4H2,1-2H3,(H,21,22,23). The summed E-state index contributed by atoms with van der Waals surface area (Å²) in [7, 11) is -6.42. The number of halogens is 7. The summed E-state index contributed by atoms with van der Waals surface area (Å²) in [6.07, 6.45) is -1.25. The lowest BCUT2D eigenvalue weighted by atomic mass is 10.2. The molecule has 0 aliphatic heterocycles. The average molecular weight is 1090 g/mol. The predicted octanol–water partition coefficient (Wildman–Crippen LogP) is 11.3. The van der Waals surface area contributed by atoms with Crippen LogP contribution in [0.2, 0.25) is 0 Å². The van der Waals surface area contributed by atoms with Crippen molar-refractivity contribution in [3.8, 4) is 46.0 Å². The minimum absolute atomic E-state index is 0.0653. The molecule has 5 aromatic carbocycles. The molecule has 2 aromatic heterocycles. The molecule has 0 atom stereocenters. The van der Waals surface area contributed by atoms with E-state index in [1.165, 1.54) is 26.4 Å². The molecule has 7 aromatic rings. The molecule has 7 rings (SSSR count). The second-order valence-corrected chi connectivity index (χ2v) is 19.8. The van der Waals surface area contributed by atoms with Gasteiger partial charge in [-0.15, -0.1) is 0 Å². The Morgan fingerprint density at radius 3 is 1.74 bits per heavy atom. The van der Waals surface area contributed by atoms with Crippen molar-refractivity contribution in [1.29, 1.82) is 0 Å². The summed E-state index contributed by atoms with van der Waals surface area (Å²) in [5, 5.41) is -0.217. The lowest BCUT2D eigenvalue weighted by Gasteiger charge is -2.23. The van der Waals surface area contributed by atoms with Gasteiger partial charge in [-0.1, -0.05) is 13.8 Å². The van der Waals surface area contributed by atoms with E-state index >= 15 is 8.78 Å². The summed E-state index contributed by atoms with van der Waals surface area (Å²) in [6, 6.07) is 14.0. The fraction of sp³-hybridized carbons (Fsp3) is 0.244. The van der Waals surface area contributed by atoms with Crippen LogP contribution in [0.5, 0.6) is 46.0 Å². The van der Waals surface area contributed by atoms with Crippen LogP contribution in [-0.4, -0.2) is 63.0 Å². The third-order valence-corrected chi connectivity index (χ3v) is 14.0. The van der Waals surface area contributed by atoms with Crippen molar-refractivity contribution in [2.24, 2.45) is 0 Å². The van der Waals surface area contributed by atoms with Gasteiger partial charge >= 0.3 is 6.18 Å². The Hall–Kier alpha value is -6.97. The Labute approximate surface area is 416 Å². The van der Waals surface area contributed by atoms with Crippen LogP contribution in [0.15, 0.2) is 101 Å². The van der Waals surface area contributed by atoms with Gasteiger partial charge in [-0.3, -0.25) is 4.72 Å². The quantitative estimate of drug-likeness (QED) is 0.0709. The topological polar surface area (TPSA) is 190 Å². The number of hydrogen-bond donors (Lipinski definition) is 1. The van der Waals surface area contributed by atoms with E-state index in [0.29, 0.717) is 72.0 Å². The van der Waals surface area contributed by atoms with Crippen molar-refractivity contribution in [3.05, 3.63) is 131 Å². The van der Waals surface area contributed by atoms with E-state index in [4.69, 9.17) is 28.4 Å². The van der Waals surface area contributed by atoms with E-state index < -0.39 is 88.6 Å². The molecule has 0 aliphatic rings. The second-order valence-electron chi connectivity index (χ2n) is 14.8. The molecule has 0 unspecified atom stereocenters. The van der Waals surface area contributed by atoms with Crippen molar-refractivity contribution in [3.63, 3.8) is 0 Å². The van der Waals surface area contributed by atoms with Gasteiger partial charge in [0.1, 0.15) is 68.6 Å². The number of benzene rings is 5. The molecule has 0 saturated heterocycles. The highest BCUT2D eigenvalue weighted by molar-refractivity contribution is 7.93. The number of anilines is 2. The van der Waals surface area contributed by atoms with Crippen LogP contribution in [0.4, 0.5) is 41.0 Å². The van der Waals surface area contributed by atoms with E-state index in [9.17, 15) is 38.8 Å². The second kappa shape index (κ2) is 23.5. The Bertz CT molecular complexity index is 3210. The molecule has 0 radical (unpaired) electrons. The van der Waals surface area contributed by atoms with Crippen molar-refractivity contribution >= 4 is 53.4 Å². The monoisotopic (exact) mass is 1090 g/mol. The molecule has 0 fully saturated rings. The van der Waals surface area contributed by atoms with Crippen LogP contribution in [0, 0.1) is 30.2 Å². The molecule has 16 nitrogen and oxygen atoms in total. The zero-order valence-corrected chi connectivity index (χ0v) is 41.6. The number of nitrogens with one attached hydrogen (secondary N) is 1. The van der Waals surface area contributed by atoms with E-state index in [-0.39, 0.29) is 34.1 Å². The smallest absolute Gasteiger partial charge is 0.416 e. The van der Waals surface area contributed by atoms with Crippen LogP contribution in [-0.2, 0) is 32.8 Å². The van der Waals surface area contributed by atoms with Gasteiger partial charge in [0.25, 0.3) is 20.0 Å². The molecule has 2 heterocycles. The maximum Gasteiger partial charge on any atom is 0.416 e. The molecular formula is C45H41F7N6O10S4. The number of nitrogens with zero attached hydrogens (tertiary/aromatic N) is 5. The predicted molar refractivity (Wildman–Crippen MR) is 251 cm³/mol. The number of methoxy groups -OCH3 is 2. The van der Waals surface area contributed by atoms with Crippen LogP contribution < -0.4 is 37.4 Å². The zero-order chi connectivity index (χ0) is 52.4. The number of sulfonamides is 2. The maximum absolute atomic E-state index is 15.4. The van der Waals surface area contributed by atoms with E-state index in [1.54, 1.807) is 38.1 Å². The molecule has 384 valence electrons. The number of hydrogen-bond acceptors (Lipinski definition) is 16. The van der Waals surface area contributed by atoms with Gasteiger partial charge in [0.05, 0.1) is 39.5 Å². The third-order valence-electron chi connectivity index (χ3n) is 9.42. The Morgan fingerprint density at radius 1 is 0.625 bits per heavy atom. The van der Waals surface area contributed by atoms with E-state index in [0.717, 1.165) is 52.6 Å². The summed E-state index contributed by atoms with van der Waals surface area (Å²) in [5.41, 5.74) is 0.00123. The highest BCUT2D eigenvalue weighted by Crippen LogP contribution is 2.39. The average Bonchev–Trinajstić information content (AvgIpc) is 4.06. The number of ether oxygens (including phenoxy) is 6. The zero-order valence-electron chi connectivity index (χ0n) is 38.3. The molecule has 0 aliphatic carbocycles. The van der Waals surface area contributed by atoms with Gasteiger partial charge in [0.15, 0.2) is 23.1 Å². The first-order valence-corrected chi connectivity index (χ1v) is 25.4. The van der Waals surface area contributed by atoms with Gasteiger partial charge in [0.2, 0.25) is 10.3 Å². The minimum Gasteiger partial charge on any atom is -0.497 e. The highest BCUT2D eigenvalue weighted by Gasteiger charge is 2.34. The van der Waals surface area contributed by atoms with Crippen LogP contribution in [0.25, 0.3) is 0 Å². The van der Waals surface area contributed by atoms with Gasteiger partial charge in [0, 0.05) is 71.1 Å². The Kier molecular flexibility index (Phi) is 17.7. The molecule has 0 spiro atoms. The molecular weight excluding hydrogens is 1050 g/mol. The summed E-state index contributed by atoms with van der Waals surface area (Å²) in [6.45, 7) is 5.70. The maximum atomic E-state index is 15.4. The summed E-state index contributed by atoms with van der Waals surface area (Å²) in [5.74, 6) is -5.56. The first-order valence-electron chi connectivity index (χ1n) is 20.9. The first-order chi connectivity index (χ1) is 34.1. The number of aromatic nitrogens is 4. The number of rotatable bonds is 20. The van der Waals surface area contributed by atoms with Crippen molar-refractivity contribution in [2.75, 3.05) is 36.5 Å². The lowest BCUT2D eigenvalue weighted by Crippen LogP contribution is -2.31. The van der Waals surface area contributed by atoms with Crippen molar-refractivity contribution < 1.29 is 76.0 Å². The van der Waals surface area contributed by atoms with Gasteiger partial charge in [-0.25, -0.2) is 48.7 Å². The van der Waals surface area contributed by atoms with Crippen LogP contribution in [0.1, 0.15) is 43.4 Å². The number of aryl methyl sites for hydroxylation is 1. The minimum atomic E-state index is -4.83. The Balaban J connectivity index is 0.000000254. The Morgan fingerprint density at radius 2 is 1.18 bits per heavy atom. The molecule has 1 N–H and O–H groups in total. The largest absolute Gasteiger partial charge is 0.497 e. The SMILES string of the molecule is CCCOc1cc(C)cc(Oc2cc(F)c(S(=O)(=O)Nc3ncns3)cc2F)c1.CCCOc1cc(Oc2cc(F)c(S(=O)(=O)N(Cc3ccc(OC)cc3OC)c3ncns3)cc2F)cc(C(F)(F)F)c1. The number of alkyl halides is 3. The molecule has 72 heavy (non-hydrogen) atoms. The summed E-state index contributed by atoms with van der Waals surface area (Å²) in [4.78, 5) is 5.64. The summed E-state index contributed by atoms with van der Waals surface area (Å²) >= 11 is 1.46. The normalized spacial score (nSPS) is 11.6. The van der Waals surface area contributed by atoms with Gasteiger partial charge in [-0.2, -0.15) is 21.9 Å². The van der Waals surface area contributed by atoms with E-state index in [2.05, 4.69) is 18.7 Å². The fourth-order valence-corrected chi connectivity index (χ4v) is 10.1. The van der Waals surface area contributed by atoms with Gasteiger partial charge in [-0.05, 0) is 61.7 Å². The highest BCUT2D eigenvalue weighted by atomic mass is 32.2. The molecule has 27 heteroatoms.